The Balaban J connectivity index is 1.69. The lowest BCUT2D eigenvalue weighted by molar-refractivity contribution is 0.411. The second-order valence-corrected chi connectivity index (χ2v) is 5.06. The molecule has 0 fully saturated rings. The van der Waals surface area contributed by atoms with E-state index < -0.39 is 0 Å². The van der Waals surface area contributed by atoms with Crippen LogP contribution in [-0.4, -0.2) is 4.98 Å². The van der Waals surface area contributed by atoms with Gasteiger partial charge < -0.3 is 9.73 Å². The Morgan fingerprint density at radius 2 is 2.56 bits per heavy atom. The molecule has 4 heteroatoms. The van der Waals surface area contributed by atoms with Gasteiger partial charge in [-0.15, -0.1) is 11.3 Å². The minimum absolute atomic E-state index is 0.449. The molecule has 2 heterocycles. The predicted molar refractivity (Wildman–Crippen MR) is 63.3 cm³/mol. The van der Waals surface area contributed by atoms with Crippen molar-refractivity contribution < 1.29 is 4.42 Å². The third-order valence-corrected chi connectivity index (χ3v) is 3.84. The molecule has 2 aromatic rings. The molecule has 0 saturated carbocycles. The van der Waals surface area contributed by atoms with Crippen molar-refractivity contribution >= 4 is 11.3 Å². The van der Waals surface area contributed by atoms with Crippen molar-refractivity contribution in [1.82, 2.24) is 10.3 Å². The summed E-state index contributed by atoms with van der Waals surface area (Å²) < 4.78 is 5.47. The maximum Gasteiger partial charge on any atom is 0.108 e. The molecule has 2 aromatic heterocycles. The SMILES string of the molecule is c1cc2c(o1)CCCC2NCc1cncs1. The van der Waals surface area contributed by atoms with E-state index in [0.29, 0.717) is 6.04 Å². The third kappa shape index (κ3) is 1.90. The molecule has 1 N–H and O–H groups in total. The maximum atomic E-state index is 5.47. The average Bonchev–Trinajstić information content (AvgIpc) is 2.97. The lowest BCUT2D eigenvalue weighted by Gasteiger charge is -2.22. The monoisotopic (exact) mass is 234 g/mol. The Bertz CT molecular complexity index is 449. The fourth-order valence-corrected chi connectivity index (χ4v) is 2.80. The summed E-state index contributed by atoms with van der Waals surface area (Å²) in [6.45, 7) is 0.903. The van der Waals surface area contributed by atoms with Crippen LogP contribution in [0.2, 0.25) is 0 Å². The van der Waals surface area contributed by atoms with Crippen molar-refractivity contribution in [1.29, 1.82) is 0 Å². The van der Waals surface area contributed by atoms with Crippen molar-refractivity contribution in [3.8, 4) is 0 Å². The highest BCUT2D eigenvalue weighted by atomic mass is 32.1. The third-order valence-electron chi connectivity index (χ3n) is 3.06. The zero-order chi connectivity index (χ0) is 10.8. The molecule has 0 spiro atoms. The summed E-state index contributed by atoms with van der Waals surface area (Å²) in [6, 6.07) is 2.54. The lowest BCUT2D eigenvalue weighted by Crippen LogP contribution is -2.23. The van der Waals surface area contributed by atoms with Gasteiger partial charge in [0.05, 0.1) is 11.8 Å². The van der Waals surface area contributed by atoms with E-state index >= 15 is 0 Å². The van der Waals surface area contributed by atoms with Crippen LogP contribution in [0, 0.1) is 0 Å². The highest BCUT2D eigenvalue weighted by molar-refractivity contribution is 7.09. The van der Waals surface area contributed by atoms with E-state index in [1.54, 1.807) is 17.6 Å². The summed E-state index contributed by atoms with van der Waals surface area (Å²) in [4.78, 5) is 5.37. The summed E-state index contributed by atoms with van der Waals surface area (Å²) in [5.74, 6) is 1.16. The Hall–Kier alpha value is -1.13. The number of thiazole rings is 1. The van der Waals surface area contributed by atoms with Gasteiger partial charge in [0.15, 0.2) is 0 Å². The number of hydrogen-bond donors (Lipinski definition) is 1. The second-order valence-electron chi connectivity index (χ2n) is 4.09. The number of fused-ring (bicyclic) bond motifs is 1. The maximum absolute atomic E-state index is 5.47. The lowest BCUT2D eigenvalue weighted by atomic mass is 9.93. The molecule has 1 unspecified atom stereocenters. The van der Waals surface area contributed by atoms with Gasteiger partial charge in [0, 0.05) is 35.6 Å². The average molecular weight is 234 g/mol. The van der Waals surface area contributed by atoms with E-state index in [9.17, 15) is 0 Å². The molecule has 1 aliphatic rings. The van der Waals surface area contributed by atoms with Crippen LogP contribution in [0.5, 0.6) is 0 Å². The predicted octanol–water partition coefficient (Wildman–Crippen LogP) is 2.90. The first-order chi connectivity index (χ1) is 7.93. The van der Waals surface area contributed by atoms with Crippen molar-refractivity contribution in [2.45, 2.75) is 31.8 Å². The first-order valence-corrected chi connectivity index (χ1v) is 6.48. The Morgan fingerprint density at radius 3 is 3.44 bits per heavy atom. The van der Waals surface area contributed by atoms with Gasteiger partial charge >= 0.3 is 0 Å². The van der Waals surface area contributed by atoms with Gasteiger partial charge in [-0.1, -0.05) is 0 Å². The fraction of sp³-hybridized carbons (Fsp3) is 0.417. The zero-order valence-electron chi connectivity index (χ0n) is 8.98. The molecule has 0 aromatic carbocycles. The molecule has 1 aliphatic carbocycles. The van der Waals surface area contributed by atoms with Crippen LogP contribution in [0.15, 0.2) is 28.5 Å². The summed E-state index contributed by atoms with van der Waals surface area (Å²) >= 11 is 1.70. The molecule has 1 atom stereocenters. The molecular weight excluding hydrogens is 220 g/mol. The summed E-state index contributed by atoms with van der Waals surface area (Å²) in [7, 11) is 0. The zero-order valence-corrected chi connectivity index (χ0v) is 9.80. The van der Waals surface area contributed by atoms with Gasteiger partial charge in [-0.05, 0) is 18.9 Å². The van der Waals surface area contributed by atoms with Crippen LogP contribution >= 0.6 is 11.3 Å². The molecule has 0 aliphatic heterocycles. The van der Waals surface area contributed by atoms with Gasteiger partial charge in [-0.2, -0.15) is 0 Å². The summed E-state index contributed by atoms with van der Waals surface area (Å²) in [6.07, 6.45) is 7.22. The quantitative estimate of drug-likeness (QED) is 0.887. The van der Waals surface area contributed by atoms with Gasteiger partial charge in [-0.25, -0.2) is 0 Å². The smallest absolute Gasteiger partial charge is 0.108 e. The summed E-state index contributed by atoms with van der Waals surface area (Å²) in [5, 5.41) is 3.58. The van der Waals surface area contributed by atoms with Gasteiger partial charge in [-0.3, -0.25) is 4.98 Å². The highest BCUT2D eigenvalue weighted by Crippen LogP contribution is 2.30. The molecule has 84 valence electrons. The van der Waals surface area contributed by atoms with E-state index in [-0.39, 0.29) is 0 Å². The van der Waals surface area contributed by atoms with E-state index in [2.05, 4.69) is 16.4 Å². The van der Waals surface area contributed by atoms with Gasteiger partial charge in [0.1, 0.15) is 5.76 Å². The van der Waals surface area contributed by atoms with Crippen LogP contribution < -0.4 is 5.32 Å². The molecule has 0 saturated heterocycles. The number of furan rings is 1. The second kappa shape index (κ2) is 4.39. The number of nitrogens with one attached hydrogen (secondary N) is 1. The molecule has 3 nitrogen and oxygen atoms in total. The van der Waals surface area contributed by atoms with Crippen molar-refractivity contribution in [2.24, 2.45) is 0 Å². The van der Waals surface area contributed by atoms with Crippen LogP contribution in [0.25, 0.3) is 0 Å². The molecule has 16 heavy (non-hydrogen) atoms. The molecule has 0 amide bonds. The van der Waals surface area contributed by atoms with Crippen molar-refractivity contribution in [3.63, 3.8) is 0 Å². The van der Waals surface area contributed by atoms with E-state index in [1.807, 2.05) is 11.7 Å². The van der Waals surface area contributed by atoms with E-state index in [4.69, 9.17) is 4.42 Å². The van der Waals surface area contributed by atoms with Crippen molar-refractivity contribution in [2.75, 3.05) is 0 Å². The Labute approximate surface area is 98.5 Å². The minimum Gasteiger partial charge on any atom is -0.469 e. The highest BCUT2D eigenvalue weighted by Gasteiger charge is 2.21. The normalized spacial score (nSPS) is 19.6. The number of rotatable bonds is 3. The largest absolute Gasteiger partial charge is 0.469 e. The topological polar surface area (TPSA) is 38.1 Å². The molecule has 0 radical (unpaired) electrons. The van der Waals surface area contributed by atoms with Crippen LogP contribution in [-0.2, 0) is 13.0 Å². The van der Waals surface area contributed by atoms with Crippen LogP contribution in [0.4, 0.5) is 0 Å². The number of aromatic nitrogens is 1. The van der Waals surface area contributed by atoms with E-state index in [1.165, 1.54) is 23.3 Å². The van der Waals surface area contributed by atoms with E-state index in [0.717, 1.165) is 18.7 Å². The Morgan fingerprint density at radius 1 is 1.56 bits per heavy atom. The Kier molecular flexibility index (Phi) is 2.76. The number of hydrogen-bond acceptors (Lipinski definition) is 4. The van der Waals surface area contributed by atoms with Crippen molar-refractivity contribution in [3.05, 3.63) is 40.2 Å². The first kappa shape index (κ1) is 10.1. The van der Waals surface area contributed by atoms with Gasteiger partial charge in [0.25, 0.3) is 0 Å². The van der Waals surface area contributed by atoms with Crippen LogP contribution in [0.1, 0.15) is 35.1 Å². The molecular formula is C12H14N2OS. The fourth-order valence-electron chi connectivity index (χ4n) is 2.25. The summed E-state index contributed by atoms with van der Waals surface area (Å²) in [5.41, 5.74) is 3.22. The van der Waals surface area contributed by atoms with Gasteiger partial charge in [0.2, 0.25) is 0 Å². The standard InChI is InChI=1S/C12H14N2OS/c1-2-11(10-4-5-15-12(10)3-1)14-7-9-6-13-8-16-9/h4-6,8,11,14H,1-3,7H2. The number of nitrogens with zero attached hydrogens (tertiary/aromatic N) is 1. The number of aryl methyl sites for hydroxylation is 1. The molecule has 0 bridgehead atoms. The van der Waals surface area contributed by atoms with Crippen LogP contribution in [0.3, 0.4) is 0 Å². The minimum atomic E-state index is 0.449. The first-order valence-electron chi connectivity index (χ1n) is 5.60. The molecule has 3 rings (SSSR count).